The van der Waals surface area contributed by atoms with Crippen LogP contribution in [0.3, 0.4) is 0 Å². The van der Waals surface area contributed by atoms with Gasteiger partial charge in [-0.2, -0.15) is 0 Å². The molecule has 4 N–H and O–H groups in total. The predicted molar refractivity (Wildman–Crippen MR) is 121 cm³/mol. The molecule has 0 aromatic heterocycles. The summed E-state index contributed by atoms with van der Waals surface area (Å²) in [5, 5.41) is 0. The van der Waals surface area contributed by atoms with E-state index in [1.54, 1.807) is 0 Å². The Labute approximate surface area is 173 Å². The van der Waals surface area contributed by atoms with Gasteiger partial charge in [-0.15, -0.1) is 0 Å². The molecule has 2 nitrogen and oxygen atoms in total. The average Bonchev–Trinajstić information content (AvgIpc) is 3.22. The molecule has 0 bridgehead atoms. The quantitative estimate of drug-likeness (QED) is 0.603. The van der Waals surface area contributed by atoms with Crippen molar-refractivity contribution in [2.75, 3.05) is 0 Å². The zero-order valence-corrected chi connectivity index (χ0v) is 16.6. The van der Waals surface area contributed by atoms with E-state index < -0.39 is 0 Å². The molecule has 2 heteroatoms. The average molecular weight is 380 g/mol. The first-order valence-corrected chi connectivity index (χ1v) is 10.1. The van der Waals surface area contributed by atoms with E-state index in [4.69, 9.17) is 11.5 Å². The number of allylic oxidation sites excluding steroid dienone is 4. The Balaban J connectivity index is 1.75. The summed E-state index contributed by atoms with van der Waals surface area (Å²) >= 11 is 0. The molecule has 145 valence electrons. The Hall–Kier alpha value is -2.94. The number of hydrogen-bond donors (Lipinski definition) is 2. The largest absolute Gasteiger partial charge is 0.326 e. The lowest BCUT2D eigenvalue weighted by molar-refractivity contribution is 0.855. The number of rotatable bonds is 7. The van der Waals surface area contributed by atoms with Gasteiger partial charge in [0.25, 0.3) is 0 Å². The summed E-state index contributed by atoms with van der Waals surface area (Å²) in [6.45, 7) is 1.09. The van der Waals surface area contributed by atoms with Gasteiger partial charge in [-0.25, -0.2) is 0 Å². The maximum atomic E-state index is 5.94. The van der Waals surface area contributed by atoms with Crippen LogP contribution in [0.5, 0.6) is 0 Å². The molecule has 0 fully saturated rings. The fourth-order valence-corrected chi connectivity index (χ4v) is 4.08. The molecule has 0 amide bonds. The summed E-state index contributed by atoms with van der Waals surface area (Å²) in [4.78, 5) is 0. The zero-order chi connectivity index (χ0) is 20.1. The highest BCUT2D eigenvalue weighted by molar-refractivity contribution is 5.55. The minimum Gasteiger partial charge on any atom is -0.326 e. The van der Waals surface area contributed by atoms with Gasteiger partial charge in [-0.05, 0) is 34.2 Å². The molecule has 1 aliphatic carbocycles. The lowest BCUT2D eigenvalue weighted by Crippen LogP contribution is -2.14. The highest BCUT2D eigenvalue weighted by atomic mass is 14.5. The van der Waals surface area contributed by atoms with Crippen LogP contribution < -0.4 is 11.5 Å². The molecule has 0 heterocycles. The summed E-state index contributed by atoms with van der Waals surface area (Å²) < 4.78 is 0. The van der Waals surface area contributed by atoms with Crippen LogP contribution in [0.15, 0.2) is 103 Å². The first-order valence-electron chi connectivity index (χ1n) is 10.1. The van der Waals surface area contributed by atoms with Crippen LogP contribution in [-0.4, -0.2) is 0 Å². The van der Waals surface area contributed by atoms with E-state index in [-0.39, 0.29) is 5.92 Å². The van der Waals surface area contributed by atoms with Crippen molar-refractivity contribution in [2.45, 2.75) is 25.4 Å². The highest BCUT2D eigenvalue weighted by Crippen LogP contribution is 2.42. The van der Waals surface area contributed by atoms with Crippen LogP contribution in [0.2, 0.25) is 0 Å². The Morgan fingerprint density at radius 2 is 1.24 bits per heavy atom. The second-order valence-corrected chi connectivity index (χ2v) is 7.50. The van der Waals surface area contributed by atoms with Crippen molar-refractivity contribution in [2.24, 2.45) is 11.5 Å². The molecule has 0 saturated carbocycles. The van der Waals surface area contributed by atoms with E-state index in [1.807, 2.05) is 0 Å². The van der Waals surface area contributed by atoms with Gasteiger partial charge >= 0.3 is 0 Å². The number of hydrogen-bond acceptors (Lipinski definition) is 2. The van der Waals surface area contributed by atoms with Gasteiger partial charge in [0, 0.05) is 24.9 Å². The summed E-state index contributed by atoms with van der Waals surface area (Å²) in [5.41, 5.74) is 19.4. The Bertz CT molecular complexity index is 970. The summed E-state index contributed by atoms with van der Waals surface area (Å²) in [6, 6.07) is 27.9. The smallest absolute Gasteiger partial charge is 0.0347 e. The molecular formula is C27H27N2. The van der Waals surface area contributed by atoms with Gasteiger partial charge in [0.15, 0.2) is 0 Å². The summed E-state index contributed by atoms with van der Waals surface area (Å²) in [7, 11) is 0. The molecule has 0 saturated heterocycles. The van der Waals surface area contributed by atoms with E-state index >= 15 is 0 Å². The molecule has 1 radical (unpaired) electrons. The van der Waals surface area contributed by atoms with Crippen LogP contribution in [0, 0.1) is 5.92 Å². The van der Waals surface area contributed by atoms with Gasteiger partial charge in [0.05, 0.1) is 0 Å². The number of benzene rings is 3. The molecular weight excluding hydrogens is 352 g/mol. The maximum absolute atomic E-state index is 5.94. The minimum atomic E-state index is 0.154. The molecule has 3 aromatic carbocycles. The standard InChI is InChI=1S/C27H27N2/c28-18-21-9-4-12-24(16-21)27(25-13-5-10-22(17-25)19-29)26-14-6-11-23(26)15-20-7-2-1-3-8-20/h1-14,16-17,27H,15,18-19,28-29H2. The molecule has 0 spiro atoms. The van der Waals surface area contributed by atoms with Crippen LogP contribution in [-0.2, 0) is 19.5 Å². The van der Waals surface area contributed by atoms with Gasteiger partial charge in [0.2, 0.25) is 0 Å². The van der Waals surface area contributed by atoms with E-state index in [0.717, 1.165) is 17.5 Å². The molecule has 4 rings (SSSR count). The van der Waals surface area contributed by atoms with E-state index in [9.17, 15) is 0 Å². The fourth-order valence-electron chi connectivity index (χ4n) is 4.08. The van der Waals surface area contributed by atoms with Crippen molar-refractivity contribution in [1.29, 1.82) is 0 Å². The Morgan fingerprint density at radius 3 is 1.83 bits per heavy atom. The summed E-state index contributed by atoms with van der Waals surface area (Å²) in [6.07, 6.45) is 7.59. The van der Waals surface area contributed by atoms with Crippen molar-refractivity contribution >= 4 is 0 Å². The molecule has 3 aromatic rings. The lowest BCUT2D eigenvalue weighted by Gasteiger charge is -2.27. The molecule has 0 aliphatic heterocycles. The van der Waals surface area contributed by atoms with Gasteiger partial charge in [-0.1, -0.05) is 103 Å². The van der Waals surface area contributed by atoms with Crippen molar-refractivity contribution < 1.29 is 0 Å². The fraction of sp³-hybridized carbons (Fsp3) is 0.148. The predicted octanol–water partition coefficient (Wildman–Crippen LogP) is 5.05. The second-order valence-electron chi connectivity index (χ2n) is 7.50. The van der Waals surface area contributed by atoms with Crippen molar-refractivity contribution in [3.63, 3.8) is 0 Å². The Morgan fingerprint density at radius 1 is 0.655 bits per heavy atom. The highest BCUT2D eigenvalue weighted by Gasteiger charge is 2.29. The molecule has 0 unspecified atom stereocenters. The van der Waals surface area contributed by atoms with Gasteiger partial charge < -0.3 is 11.5 Å². The van der Waals surface area contributed by atoms with E-state index in [1.165, 1.54) is 28.2 Å². The molecule has 0 atom stereocenters. The summed E-state index contributed by atoms with van der Waals surface area (Å²) in [5.74, 6) is 1.50. The normalized spacial score (nSPS) is 13.8. The topological polar surface area (TPSA) is 52.0 Å². The van der Waals surface area contributed by atoms with Crippen molar-refractivity contribution in [1.82, 2.24) is 0 Å². The van der Waals surface area contributed by atoms with Crippen molar-refractivity contribution in [3.05, 3.63) is 136 Å². The third-order valence-corrected chi connectivity index (χ3v) is 5.53. The monoisotopic (exact) mass is 379 g/mol. The Kier molecular flexibility index (Phi) is 6.04. The van der Waals surface area contributed by atoms with Crippen molar-refractivity contribution in [3.8, 4) is 0 Å². The third-order valence-electron chi connectivity index (χ3n) is 5.53. The van der Waals surface area contributed by atoms with Crippen LogP contribution >= 0.6 is 0 Å². The van der Waals surface area contributed by atoms with E-state index in [2.05, 4.69) is 97.1 Å². The first kappa shape index (κ1) is 19.4. The zero-order valence-electron chi connectivity index (χ0n) is 16.6. The van der Waals surface area contributed by atoms with Crippen LogP contribution in [0.1, 0.15) is 33.7 Å². The van der Waals surface area contributed by atoms with Gasteiger partial charge in [-0.3, -0.25) is 0 Å². The minimum absolute atomic E-state index is 0.154. The lowest BCUT2D eigenvalue weighted by atomic mass is 9.76. The molecule has 1 aliphatic rings. The third kappa shape index (κ3) is 4.40. The van der Waals surface area contributed by atoms with Crippen LogP contribution in [0.25, 0.3) is 0 Å². The van der Waals surface area contributed by atoms with E-state index in [0.29, 0.717) is 13.1 Å². The first-order chi connectivity index (χ1) is 14.3. The SMILES string of the molecule is NCc1cccc(C([C]2C=CC=C2Cc2ccccc2)c2cccc(CN)c2)c1. The maximum Gasteiger partial charge on any atom is 0.0347 e. The van der Waals surface area contributed by atoms with Gasteiger partial charge in [0.1, 0.15) is 0 Å². The molecule has 29 heavy (non-hydrogen) atoms. The van der Waals surface area contributed by atoms with Crippen LogP contribution in [0.4, 0.5) is 0 Å². The number of nitrogens with two attached hydrogens (primary N) is 2. The second kappa shape index (κ2) is 9.04.